The van der Waals surface area contributed by atoms with Crippen molar-refractivity contribution >= 4 is 0 Å². The zero-order chi connectivity index (χ0) is 13.5. The second-order valence-corrected chi connectivity index (χ2v) is 4.61. The van der Waals surface area contributed by atoms with Gasteiger partial charge in [-0.2, -0.15) is 0 Å². The van der Waals surface area contributed by atoms with Crippen LogP contribution in [-0.4, -0.2) is 6.54 Å². The number of aryl methyl sites for hydroxylation is 1. The number of furan rings is 1. The minimum atomic E-state index is -0.225. The van der Waals surface area contributed by atoms with E-state index >= 15 is 0 Å². The maximum absolute atomic E-state index is 5.85. The highest BCUT2D eigenvalue weighted by Gasteiger charge is 2.14. The third kappa shape index (κ3) is 3.86. The van der Waals surface area contributed by atoms with Crippen LogP contribution >= 0.6 is 0 Å². The summed E-state index contributed by atoms with van der Waals surface area (Å²) in [5.41, 5.74) is 7.07. The van der Waals surface area contributed by atoms with Crippen LogP contribution in [0.15, 0.2) is 47.1 Å². The quantitative estimate of drug-likeness (QED) is 0.824. The largest absolute Gasteiger partial charge is 0.481 e. The second-order valence-electron chi connectivity index (χ2n) is 4.61. The van der Waals surface area contributed by atoms with E-state index in [-0.39, 0.29) is 6.10 Å². The van der Waals surface area contributed by atoms with E-state index in [1.54, 1.807) is 6.26 Å². The molecule has 1 atom stereocenters. The molecule has 3 nitrogen and oxygen atoms in total. The minimum absolute atomic E-state index is 0.225. The first-order valence-electron chi connectivity index (χ1n) is 6.82. The van der Waals surface area contributed by atoms with Crippen LogP contribution in [0.1, 0.15) is 37.2 Å². The maximum Gasteiger partial charge on any atom is 0.168 e. The molecule has 0 aliphatic rings. The summed E-state index contributed by atoms with van der Waals surface area (Å²) >= 11 is 0. The number of unbranched alkanes of at least 4 members (excludes halogenated alkanes) is 1. The second kappa shape index (κ2) is 7.00. The summed E-state index contributed by atoms with van der Waals surface area (Å²) in [6, 6.07) is 11.9. The van der Waals surface area contributed by atoms with Crippen LogP contribution < -0.4 is 10.5 Å². The van der Waals surface area contributed by atoms with Crippen LogP contribution in [0.2, 0.25) is 0 Å². The van der Waals surface area contributed by atoms with Gasteiger partial charge in [0.1, 0.15) is 11.5 Å². The normalized spacial score (nSPS) is 12.3. The molecule has 0 aliphatic heterocycles. The molecule has 1 unspecified atom stereocenters. The van der Waals surface area contributed by atoms with Gasteiger partial charge in [-0.05, 0) is 42.7 Å². The van der Waals surface area contributed by atoms with Crippen molar-refractivity contribution in [2.75, 3.05) is 6.54 Å². The molecule has 2 aromatic rings. The summed E-state index contributed by atoms with van der Waals surface area (Å²) in [6.07, 6.45) is 4.96. The first-order valence-corrected chi connectivity index (χ1v) is 6.82. The van der Waals surface area contributed by atoms with Crippen molar-refractivity contribution in [2.24, 2.45) is 5.73 Å². The Morgan fingerprint density at radius 3 is 2.58 bits per heavy atom. The summed E-state index contributed by atoms with van der Waals surface area (Å²) in [6.45, 7) is 2.60. The summed E-state index contributed by atoms with van der Waals surface area (Å²) in [5.74, 6) is 1.59. The van der Waals surface area contributed by atoms with E-state index in [1.807, 2.05) is 24.3 Å². The Balaban J connectivity index is 1.98. The average Bonchev–Trinajstić information content (AvgIpc) is 2.98. The summed E-state index contributed by atoms with van der Waals surface area (Å²) in [5, 5.41) is 0. The van der Waals surface area contributed by atoms with Crippen LogP contribution in [0.5, 0.6) is 5.75 Å². The number of benzene rings is 1. The minimum Gasteiger partial charge on any atom is -0.481 e. The number of rotatable bonds is 7. The third-order valence-corrected chi connectivity index (χ3v) is 3.10. The van der Waals surface area contributed by atoms with Crippen LogP contribution in [0.25, 0.3) is 0 Å². The van der Waals surface area contributed by atoms with Gasteiger partial charge in [-0.1, -0.05) is 25.5 Å². The fourth-order valence-electron chi connectivity index (χ4n) is 1.98. The molecular weight excluding hydrogens is 238 g/mol. The highest BCUT2D eigenvalue weighted by Crippen LogP contribution is 2.22. The van der Waals surface area contributed by atoms with E-state index in [4.69, 9.17) is 14.9 Å². The first-order chi connectivity index (χ1) is 9.33. The molecule has 0 fully saturated rings. The topological polar surface area (TPSA) is 48.4 Å². The number of nitrogens with two attached hydrogens (primary N) is 1. The number of hydrogen-bond acceptors (Lipinski definition) is 3. The van der Waals surface area contributed by atoms with Crippen molar-refractivity contribution in [3.8, 4) is 5.75 Å². The Morgan fingerprint density at radius 2 is 2.00 bits per heavy atom. The van der Waals surface area contributed by atoms with Crippen molar-refractivity contribution in [3.05, 3.63) is 54.0 Å². The molecule has 0 saturated heterocycles. The van der Waals surface area contributed by atoms with Gasteiger partial charge >= 0.3 is 0 Å². The lowest BCUT2D eigenvalue weighted by Crippen LogP contribution is -2.17. The Morgan fingerprint density at radius 1 is 1.21 bits per heavy atom. The molecule has 2 rings (SSSR count). The molecule has 102 valence electrons. The monoisotopic (exact) mass is 259 g/mol. The van der Waals surface area contributed by atoms with Crippen molar-refractivity contribution in [3.63, 3.8) is 0 Å². The zero-order valence-corrected chi connectivity index (χ0v) is 11.3. The maximum atomic E-state index is 5.85. The van der Waals surface area contributed by atoms with Gasteiger partial charge in [-0.3, -0.25) is 0 Å². The molecule has 2 N–H and O–H groups in total. The van der Waals surface area contributed by atoms with E-state index in [0.29, 0.717) is 6.54 Å². The molecule has 0 aliphatic carbocycles. The summed E-state index contributed by atoms with van der Waals surface area (Å²) in [7, 11) is 0. The number of hydrogen-bond donors (Lipinski definition) is 1. The molecule has 0 bridgehead atoms. The highest BCUT2D eigenvalue weighted by atomic mass is 16.5. The Kier molecular flexibility index (Phi) is 5.04. The lowest BCUT2D eigenvalue weighted by Gasteiger charge is -2.15. The van der Waals surface area contributed by atoms with E-state index in [2.05, 4.69) is 19.1 Å². The van der Waals surface area contributed by atoms with Gasteiger partial charge in [0, 0.05) is 6.54 Å². The van der Waals surface area contributed by atoms with E-state index < -0.39 is 0 Å². The van der Waals surface area contributed by atoms with Crippen molar-refractivity contribution < 1.29 is 9.15 Å². The summed E-state index contributed by atoms with van der Waals surface area (Å²) < 4.78 is 11.2. The molecule has 1 aromatic carbocycles. The van der Waals surface area contributed by atoms with Gasteiger partial charge in [0.05, 0.1) is 6.26 Å². The predicted molar refractivity (Wildman–Crippen MR) is 76.2 cm³/mol. The average molecular weight is 259 g/mol. The number of ether oxygens (including phenoxy) is 1. The highest BCUT2D eigenvalue weighted by molar-refractivity contribution is 5.28. The van der Waals surface area contributed by atoms with Crippen molar-refractivity contribution in [2.45, 2.75) is 32.3 Å². The van der Waals surface area contributed by atoms with Gasteiger partial charge in [0.25, 0.3) is 0 Å². The van der Waals surface area contributed by atoms with Gasteiger partial charge < -0.3 is 14.9 Å². The smallest absolute Gasteiger partial charge is 0.168 e. The Labute approximate surface area is 114 Å². The Bertz CT molecular complexity index is 462. The van der Waals surface area contributed by atoms with Crippen LogP contribution in [0.3, 0.4) is 0 Å². The lowest BCUT2D eigenvalue weighted by atomic mass is 10.1. The van der Waals surface area contributed by atoms with Gasteiger partial charge in [-0.15, -0.1) is 0 Å². The van der Waals surface area contributed by atoms with Gasteiger partial charge in [0.2, 0.25) is 0 Å². The first kappa shape index (κ1) is 13.7. The molecule has 3 heteroatoms. The van der Waals surface area contributed by atoms with Gasteiger partial charge in [-0.25, -0.2) is 0 Å². The predicted octanol–water partition coefficient (Wildman–Crippen LogP) is 3.70. The SMILES string of the molecule is CCCCc1ccc(OC(CN)c2ccco2)cc1. The third-order valence-electron chi connectivity index (χ3n) is 3.10. The Hall–Kier alpha value is -1.74. The van der Waals surface area contributed by atoms with Crippen LogP contribution in [0.4, 0.5) is 0 Å². The standard InChI is InChI=1S/C16H21NO2/c1-2-3-5-13-7-9-14(10-8-13)19-16(12-17)15-6-4-11-18-15/h4,6-11,16H,2-3,5,12,17H2,1H3. The lowest BCUT2D eigenvalue weighted by molar-refractivity contribution is 0.184. The van der Waals surface area contributed by atoms with Crippen LogP contribution in [0, 0.1) is 0 Å². The zero-order valence-electron chi connectivity index (χ0n) is 11.3. The van der Waals surface area contributed by atoms with E-state index in [1.165, 1.54) is 18.4 Å². The summed E-state index contributed by atoms with van der Waals surface area (Å²) in [4.78, 5) is 0. The molecule has 0 amide bonds. The molecule has 0 saturated carbocycles. The fraction of sp³-hybridized carbons (Fsp3) is 0.375. The molecule has 0 radical (unpaired) electrons. The molecule has 1 heterocycles. The molecule has 1 aromatic heterocycles. The van der Waals surface area contributed by atoms with Crippen molar-refractivity contribution in [1.29, 1.82) is 0 Å². The van der Waals surface area contributed by atoms with Crippen molar-refractivity contribution in [1.82, 2.24) is 0 Å². The van der Waals surface area contributed by atoms with E-state index in [9.17, 15) is 0 Å². The molecule has 19 heavy (non-hydrogen) atoms. The molecule has 0 spiro atoms. The fourth-order valence-corrected chi connectivity index (χ4v) is 1.98. The van der Waals surface area contributed by atoms with E-state index in [0.717, 1.165) is 17.9 Å². The van der Waals surface area contributed by atoms with Gasteiger partial charge in [0.15, 0.2) is 6.10 Å². The van der Waals surface area contributed by atoms with Crippen LogP contribution in [-0.2, 0) is 6.42 Å². The molecular formula is C16H21NO2.